The molecule has 0 aliphatic carbocycles. The molecular weight excluding hydrogens is 164 g/mol. The van der Waals surface area contributed by atoms with E-state index in [2.05, 4.69) is 21.5 Å². The summed E-state index contributed by atoms with van der Waals surface area (Å²) in [7, 11) is 0. The molecule has 0 aliphatic rings. The van der Waals surface area contributed by atoms with E-state index in [0.717, 1.165) is 10.9 Å². The minimum absolute atomic E-state index is 0.638. The van der Waals surface area contributed by atoms with Crippen molar-refractivity contribution in [2.45, 2.75) is 6.54 Å². The number of pyridine rings is 1. The van der Waals surface area contributed by atoms with E-state index in [0.29, 0.717) is 6.54 Å². The maximum atomic E-state index is 4.19. The number of hydrogen-bond donors (Lipinski definition) is 0. The van der Waals surface area contributed by atoms with E-state index in [9.17, 15) is 0 Å². The molecule has 0 radical (unpaired) electrons. The second-order valence-electron chi connectivity index (χ2n) is 2.63. The molecule has 4 nitrogen and oxygen atoms in total. The number of fused-ring (bicyclic) bond motifs is 1. The molecule has 0 N–H and O–H groups in total. The molecular formula is C9H9N4+. The van der Waals surface area contributed by atoms with Crippen LogP contribution in [-0.4, -0.2) is 27.7 Å². The lowest BCUT2D eigenvalue weighted by atomic mass is 10.3. The third kappa shape index (κ3) is 1.35. The number of hydrogen-bond acceptors (Lipinski definition) is 2. The smallest absolute Gasteiger partial charge is 0.262 e. The Balaban J connectivity index is 2.51. The van der Waals surface area contributed by atoms with Gasteiger partial charge in [0.15, 0.2) is 0 Å². The second kappa shape index (κ2) is 3.21. The van der Waals surface area contributed by atoms with Crippen LogP contribution in [0.4, 0.5) is 0 Å². The summed E-state index contributed by atoms with van der Waals surface area (Å²) in [5.41, 5.74) is 1.02. The Bertz CT molecular complexity index is 465. The summed E-state index contributed by atoms with van der Waals surface area (Å²) in [4.78, 5) is 4.03. The van der Waals surface area contributed by atoms with Crippen molar-refractivity contribution >= 4 is 23.8 Å². The zero-order chi connectivity index (χ0) is 9.10. The summed E-state index contributed by atoms with van der Waals surface area (Å²) in [6.45, 7) is 4.02. The zero-order valence-electron chi connectivity index (χ0n) is 7.09. The normalized spacial score (nSPS) is 9.85. The van der Waals surface area contributed by atoms with Crippen LogP contribution in [0.2, 0.25) is 0 Å². The van der Waals surface area contributed by atoms with Crippen LogP contribution < -0.4 is 4.67 Å². The molecule has 2 aromatic heterocycles. The predicted molar refractivity (Wildman–Crippen MR) is 52.8 cm³/mol. The quantitative estimate of drug-likeness (QED) is 0.483. The van der Waals surface area contributed by atoms with Crippen LogP contribution >= 0.6 is 0 Å². The molecule has 0 spiro atoms. The fourth-order valence-corrected chi connectivity index (χ4v) is 1.20. The van der Waals surface area contributed by atoms with Gasteiger partial charge < -0.3 is 0 Å². The van der Waals surface area contributed by atoms with Crippen LogP contribution in [0, 0.1) is 0 Å². The van der Waals surface area contributed by atoms with E-state index >= 15 is 0 Å². The van der Waals surface area contributed by atoms with Crippen LogP contribution in [0.3, 0.4) is 0 Å². The van der Waals surface area contributed by atoms with Crippen molar-refractivity contribution in [2.24, 2.45) is 0 Å². The molecule has 0 unspecified atom stereocenters. The van der Waals surface area contributed by atoms with Crippen molar-refractivity contribution in [2.75, 3.05) is 0 Å². The van der Waals surface area contributed by atoms with Gasteiger partial charge in [0.2, 0.25) is 0 Å². The lowest BCUT2D eigenvalue weighted by Crippen LogP contribution is -2.01. The maximum absolute atomic E-state index is 4.19. The summed E-state index contributed by atoms with van der Waals surface area (Å²) in [5.74, 6) is 0. The Kier molecular flexibility index (Phi) is 1.90. The zero-order valence-corrected chi connectivity index (χ0v) is 7.09. The van der Waals surface area contributed by atoms with Crippen molar-refractivity contribution < 1.29 is 0 Å². The van der Waals surface area contributed by atoms with Gasteiger partial charge >= 0.3 is 0 Å². The largest absolute Gasteiger partial charge is 0.289 e. The second-order valence-corrected chi connectivity index (χ2v) is 2.63. The molecule has 2 aromatic rings. The van der Waals surface area contributed by atoms with E-state index in [1.54, 1.807) is 18.6 Å². The van der Waals surface area contributed by atoms with Gasteiger partial charge in [0.05, 0.1) is 17.9 Å². The van der Waals surface area contributed by atoms with Crippen LogP contribution in [0.15, 0.2) is 24.7 Å². The molecule has 0 saturated carbocycles. The van der Waals surface area contributed by atoms with Gasteiger partial charge in [-0.2, -0.15) is 5.10 Å². The molecule has 4 heteroatoms. The first kappa shape index (κ1) is 7.71. The third-order valence-electron chi connectivity index (χ3n) is 1.83. The van der Waals surface area contributed by atoms with Crippen LogP contribution in [0.25, 0.3) is 10.9 Å². The van der Waals surface area contributed by atoms with E-state index in [1.165, 1.54) is 0 Å². The van der Waals surface area contributed by atoms with Gasteiger partial charge in [-0.1, -0.05) is 0 Å². The SMILES string of the molecule is C=[N+]=CCn1ncc2ccncc21. The molecule has 0 saturated heterocycles. The molecule has 0 aromatic carbocycles. The van der Waals surface area contributed by atoms with Gasteiger partial charge in [0.25, 0.3) is 12.9 Å². The highest BCUT2D eigenvalue weighted by Gasteiger charge is 2.00. The third-order valence-corrected chi connectivity index (χ3v) is 1.83. The number of nitrogens with zero attached hydrogens (tertiary/aromatic N) is 4. The molecule has 0 atom stereocenters. The number of aromatic nitrogens is 3. The van der Waals surface area contributed by atoms with Crippen molar-refractivity contribution in [3.8, 4) is 0 Å². The van der Waals surface area contributed by atoms with Crippen molar-refractivity contribution in [1.29, 1.82) is 0 Å². The minimum Gasteiger partial charge on any atom is -0.262 e. The number of rotatable bonds is 2. The van der Waals surface area contributed by atoms with Gasteiger partial charge in [-0.15, -0.1) is 4.67 Å². The first-order chi connectivity index (χ1) is 6.42. The van der Waals surface area contributed by atoms with Crippen LogP contribution in [-0.2, 0) is 6.54 Å². The topological polar surface area (TPSA) is 44.8 Å². The monoisotopic (exact) mass is 173 g/mol. The van der Waals surface area contributed by atoms with Gasteiger partial charge in [0.1, 0.15) is 6.54 Å². The Morgan fingerprint density at radius 3 is 3.31 bits per heavy atom. The fourth-order valence-electron chi connectivity index (χ4n) is 1.20. The Hall–Kier alpha value is -1.93. The molecule has 0 amide bonds. The highest BCUT2D eigenvalue weighted by Crippen LogP contribution is 2.09. The Morgan fingerprint density at radius 1 is 1.54 bits per heavy atom. The molecule has 0 aliphatic heterocycles. The van der Waals surface area contributed by atoms with Crippen molar-refractivity contribution in [3.05, 3.63) is 24.7 Å². The Labute approximate surface area is 75.3 Å². The summed E-state index contributed by atoms with van der Waals surface area (Å²) in [5, 5.41) is 5.28. The molecule has 2 rings (SSSR count). The summed E-state index contributed by atoms with van der Waals surface area (Å²) >= 11 is 0. The molecule has 64 valence electrons. The average Bonchev–Trinajstić information content (AvgIpc) is 2.58. The fraction of sp³-hybridized carbons (Fsp3) is 0.111. The summed E-state index contributed by atoms with van der Waals surface area (Å²) in [6.07, 6.45) is 7.07. The molecule has 13 heavy (non-hydrogen) atoms. The minimum atomic E-state index is 0.638. The van der Waals surface area contributed by atoms with Gasteiger partial charge in [-0.25, -0.2) is 0 Å². The highest BCUT2D eigenvalue weighted by molar-refractivity contribution is 5.78. The van der Waals surface area contributed by atoms with Crippen LogP contribution in [0.1, 0.15) is 0 Å². The van der Waals surface area contributed by atoms with Crippen molar-refractivity contribution in [3.63, 3.8) is 0 Å². The average molecular weight is 173 g/mol. The maximum Gasteiger partial charge on any atom is 0.289 e. The van der Waals surface area contributed by atoms with Crippen LogP contribution in [0.5, 0.6) is 0 Å². The molecule has 2 heterocycles. The van der Waals surface area contributed by atoms with E-state index < -0.39 is 0 Å². The van der Waals surface area contributed by atoms with Crippen molar-refractivity contribution in [1.82, 2.24) is 19.4 Å². The first-order valence-electron chi connectivity index (χ1n) is 3.95. The van der Waals surface area contributed by atoms with E-state index in [4.69, 9.17) is 0 Å². The first-order valence-corrected chi connectivity index (χ1v) is 3.95. The standard InChI is InChI=1S/C9H9N4/c1-10-4-5-13-9-7-11-3-2-8(9)6-12-13/h2-4,6-7H,1,5H2/q+1. The molecule has 0 fully saturated rings. The van der Waals surface area contributed by atoms with E-state index in [1.807, 2.05) is 16.9 Å². The summed E-state index contributed by atoms with van der Waals surface area (Å²) in [6, 6.07) is 1.93. The van der Waals surface area contributed by atoms with Gasteiger partial charge in [-0.05, 0) is 6.07 Å². The molecule has 0 bridgehead atoms. The van der Waals surface area contributed by atoms with Gasteiger partial charge in [-0.3, -0.25) is 9.67 Å². The lowest BCUT2D eigenvalue weighted by Gasteiger charge is -1.93. The highest BCUT2D eigenvalue weighted by atomic mass is 15.3. The lowest BCUT2D eigenvalue weighted by molar-refractivity contribution is 0.757. The predicted octanol–water partition coefficient (Wildman–Crippen LogP) is 0.270. The Morgan fingerprint density at radius 2 is 2.46 bits per heavy atom. The van der Waals surface area contributed by atoms with E-state index in [-0.39, 0.29) is 0 Å². The summed E-state index contributed by atoms with van der Waals surface area (Å²) < 4.78 is 5.49. The van der Waals surface area contributed by atoms with Gasteiger partial charge in [0, 0.05) is 11.6 Å².